The van der Waals surface area contributed by atoms with Gasteiger partial charge >= 0.3 is 29.6 Å². The Hall–Kier alpha value is 0.920. The van der Waals surface area contributed by atoms with Crippen molar-refractivity contribution in [3.8, 4) is 0 Å². The van der Waals surface area contributed by atoms with E-state index in [9.17, 15) is 0 Å². The van der Waals surface area contributed by atoms with E-state index in [1.165, 1.54) is 0 Å². The minimum atomic E-state index is 0. The third-order valence-electron chi connectivity index (χ3n) is 1.73. The van der Waals surface area contributed by atoms with Crippen LogP contribution in [0, 0.1) is 5.92 Å². The molecule has 0 amide bonds. The van der Waals surface area contributed by atoms with E-state index in [1.54, 1.807) is 0 Å². The molecule has 0 spiro atoms. The van der Waals surface area contributed by atoms with Crippen LogP contribution in [0.2, 0.25) is 0 Å². The van der Waals surface area contributed by atoms with Crippen molar-refractivity contribution in [1.29, 1.82) is 0 Å². The second-order valence-electron chi connectivity index (χ2n) is 2.70. The topological polar surface area (TPSA) is 40.5 Å². The molecular weight excluding hydrogens is 151 g/mol. The molecule has 2 N–H and O–H groups in total. The van der Waals surface area contributed by atoms with Crippen LogP contribution in [0.15, 0.2) is 0 Å². The monoisotopic (exact) mass is 170 g/mol. The molecule has 3 heteroatoms. The fourth-order valence-corrected chi connectivity index (χ4v) is 1.12. The number of aliphatic hydroxyl groups excluding tert-OH is 2. The van der Waals surface area contributed by atoms with Crippen LogP contribution in [-0.2, 0) is 0 Å². The Labute approximate surface area is 92.8 Å². The fraction of sp³-hybridized carbons (Fsp3) is 1.00. The summed E-state index contributed by atoms with van der Waals surface area (Å²) in [5.74, 6) is 0.414. The molecular formula is C8H19NaO2. The third-order valence-corrected chi connectivity index (χ3v) is 1.73. The van der Waals surface area contributed by atoms with Crippen LogP contribution in [0.4, 0.5) is 0 Å². The summed E-state index contributed by atoms with van der Waals surface area (Å²) in [5.41, 5.74) is 0. The molecule has 0 saturated heterocycles. The maximum Gasteiger partial charge on any atom is 1.00 e. The van der Waals surface area contributed by atoms with Crippen molar-refractivity contribution < 1.29 is 41.2 Å². The largest absolute Gasteiger partial charge is 1.00 e. The van der Waals surface area contributed by atoms with Crippen molar-refractivity contribution in [2.24, 2.45) is 5.92 Å². The molecule has 0 rings (SSSR count). The molecule has 64 valence electrons. The van der Waals surface area contributed by atoms with Crippen molar-refractivity contribution in [3.63, 3.8) is 0 Å². The second kappa shape index (κ2) is 10.9. The van der Waals surface area contributed by atoms with Gasteiger partial charge in [0.25, 0.3) is 0 Å². The van der Waals surface area contributed by atoms with Crippen LogP contribution in [0.5, 0.6) is 0 Å². The molecule has 0 aromatic rings. The maximum atomic E-state index is 8.80. The molecule has 2 nitrogen and oxygen atoms in total. The van der Waals surface area contributed by atoms with Crippen LogP contribution in [0.3, 0.4) is 0 Å². The van der Waals surface area contributed by atoms with Crippen LogP contribution in [-0.4, -0.2) is 23.4 Å². The summed E-state index contributed by atoms with van der Waals surface area (Å²) < 4.78 is 0. The molecule has 0 aromatic carbocycles. The molecule has 0 radical (unpaired) electrons. The molecule has 1 atom stereocenters. The Morgan fingerprint density at radius 1 is 1.27 bits per heavy atom. The Balaban J connectivity index is -0.000000405. The minimum absolute atomic E-state index is 0. The summed E-state index contributed by atoms with van der Waals surface area (Å²) in [6.07, 6.45) is 3.99. The first kappa shape index (κ1) is 14.4. The predicted molar refractivity (Wildman–Crippen MR) is 42.9 cm³/mol. The summed E-state index contributed by atoms with van der Waals surface area (Å²) in [6.45, 7) is 2.63. The summed E-state index contributed by atoms with van der Waals surface area (Å²) in [5, 5.41) is 17.3. The molecule has 0 bridgehead atoms. The van der Waals surface area contributed by atoms with Gasteiger partial charge in [-0.05, 0) is 25.2 Å². The fourth-order valence-electron chi connectivity index (χ4n) is 1.12. The van der Waals surface area contributed by atoms with E-state index in [1.807, 2.05) is 0 Å². The average Bonchev–Trinajstić information content (AvgIpc) is 1.98. The normalized spacial score (nSPS) is 12.3. The van der Waals surface area contributed by atoms with Gasteiger partial charge in [0, 0.05) is 13.2 Å². The van der Waals surface area contributed by atoms with Gasteiger partial charge in [-0.15, -0.1) is 0 Å². The predicted octanol–water partition coefficient (Wildman–Crippen LogP) is -1.72. The van der Waals surface area contributed by atoms with Crippen molar-refractivity contribution in [2.75, 3.05) is 13.2 Å². The van der Waals surface area contributed by atoms with Gasteiger partial charge in [-0.25, -0.2) is 0 Å². The first-order chi connectivity index (χ1) is 4.85. The summed E-state index contributed by atoms with van der Waals surface area (Å²) in [6, 6.07) is 0. The summed E-state index contributed by atoms with van der Waals surface area (Å²) in [7, 11) is 0. The van der Waals surface area contributed by atoms with E-state index >= 15 is 0 Å². The molecule has 0 aliphatic heterocycles. The van der Waals surface area contributed by atoms with Crippen LogP contribution in [0.1, 0.15) is 34.0 Å². The first-order valence-electron chi connectivity index (χ1n) is 4.06. The molecule has 11 heavy (non-hydrogen) atoms. The zero-order chi connectivity index (χ0) is 7.82. The standard InChI is InChI=1S/C8H18O2.Na.H/c1-2-4-8(7-10)5-3-6-9;;/h8-10H,2-7H2,1H3;;/q;+1;-1. The van der Waals surface area contributed by atoms with E-state index in [2.05, 4.69) is 6.92 Å². The van der Waals surface area contributed by atoms with E-state index in [-0.39, 0.29) is 44.2 Å². The minimum Gasteiger partial charge on any atom is -1.00 e. The quantitative estimate of drug-likeness (QED) is 0.466. The zero-order valence-corrected chi connectivity index (χ0v) is 9.71. The maximum absolute atomic E-state index is 8.80. The summed E-state index contributed by atoms with van der Waals surface area (Å²) in [4.78, 5) is 0. The number of hydrogen-bond donors (Lipinski definition) is 2. The molecule has 0 aromatic heterocycles. The van der Waals surface area contributed by atoms with Crippen LogP contribution in [0.25, 0.3) is 0 Å². The second-order valence-corrected chi connectivity index (χ2v) is 2.70. The van der Waals surface area contributed by atoms with Crippen molar-refractivity contribution in [1.82, 2.24) is 0 Å². The van der Waals surface area contributed by atoms with Gasteiger partial charge in [-0.1, -0.05) is 13.3 Å². The van der Waals surface area contributed by atoms with Gasteiger partial charge < -0.3 is 11.6 Å². The third kappa shape index (κ3) is 8.83. The number of aliphatic hydroxyl groups is 2. The molecule has 0 heterocycles. The molecule has 1 unspecified atom stereocenters. The SMILES string of the molecule is CCCC(CO)CCCO.[H-].[Na+]. The smallest absolute Gasteiger partial charge is 1.00 e. The Kier molecular flexibility index (Phi) is 14.3. The van der Waals surface area contributed by atoms with Gasteiger partial charge in [0.2, 0.25) is 0 Å². The van der Waals surface area contributed by atoms with Gasteiger partial charge in [-0.2, -0.15) is 0 Å². The number of rotatable bonds is 6. The number of hydrogen-bond acceptors (Lipinski definition) is 2. The van der Waals surface area contributed by atoms with Gasteiger partial charge in [0.1, 0.15) is 0 Å². The molecule has 0 aliphatic rings. The van der Waals surface area contributed by atoms with Crippen molar-refractivity contribution in [3.05, 3.63) is 0 Å². The molecule has 0 saturated carbocycles. The van der Waals surface area contributed by atoms with Gasteiger partial charge in [0.05, 0.1) is 0 Å². The Morgan fingerprint density at radius 2 is 1.91 bits per heavy atom. The van der Waals surface area contributed by atoms with Gasteiger partial charge in [-0.3, -0.25) is 0 Å². The van der Waals surface area contributed by atoms with Gasteiger partial charge in [0.15, 0.2) is 0 Å². The zero-order valence-electron chi connectivity index (χ0n) is 8.71. The summed E-state index contributed by atoms with van der Waals surface area (Å²) >= 11 is 0. The van der Waals surface area contributed by atoms with Crippen LogP contribution < -0.4 is 29.6 Å². The van der Waals surface area contributed by atoms with E-state index in [4.69, 9.17) is 10.2 Å². The van der Waals surface area contributed by atoms with Crippen molar-refractivity contribution >= 4 is 0 Å². The Morgan fingerprint density at radius 3 is 2.27 bits per heavy atom. The first-order valence-corrected chi connectivity index (χ1v) is 4.06. The molecule has 0 aliphatic carbocycles. The van der Waals surface area contributed by atoms with E-state index in [0.717, 1.165) is 25.7 Å². The average molecular weight is 170 g/mol. The van der Waals surface area contributed by atoms with E-state index < -0.39 is 0 Å². The Bertz CT molecular complexity index is 74.1. The molecule has 0 fully saturated rings. The van der Waals surface area contributed by atoms with Crippen molar-refractivity contribution in [2.45, 2.75) is 32.6 Å². The van der Waals surface area contributed by atoms with E-state index in [0.29, 0.717) is 5.92 Å². The van der Waals surface area contributed by atoms with Crippen LogP contribution >= 0.6 is 0 Å².